The van der Waals surface area contributed by atoms with E-state index < -0.39 is 0 Å². The van der Waals surface area contributed by atoms with E-state index in [1.54, 1.807) is 7.11 Å². The van der Waals surface area contributed by atoms with Crippen LogP contribution >= 0.6 is 0 Å². The number of nitrogens with one attached hydrogen (secondary N) is 1. The van der Waals surface area contributed by atoms with Crippen LogP contribution in [0.1, 0.15) is 25.8 Å². The summed E-state index contributed by atoms with van der Waals surface area (Å²) < 4.78 is 16.6. The van der Waals surface area contributed by atoms with Crippen LogP contribution in [-0.4, -0.2) is 32.5 Å². The summed E-state index contributed by atoms with van der Waals surface area (Å²) in [5.74, 6) is 1.63. The van der Waals surface area contributed by atoms with E-state index in [1.165, 1.54) is 0 Å². The SMILES string of the molecule is CCOc1cccc(CNC2CCOC2C)c1OC. The minimum Gasteiger partial charge on any atom is -0.493 e. The second kappa shape index (κ2) is 6.78. The van der Waals surface area contributed by atoms with Crippen LogP contribution in [0, 0.1) is 0 Å². The average Bonchev–Trinajstić information content (AvgIpc) is 2.82. The molecular formula is C15H23NO3. The molecule has 0 radical (unpaired) electrons. The summed E-state index contributed by atoms with van der Waals surface area (Å²) >= 11 is 0. The highest BCUT2D eigenvalue weighted by atomic mass is 16.5. The summed E-state index contributed by atoms with van der Waals surface area (Å²) in [6, 6.07) is 6.42. The molecule has 106 valence electrons. The lowest BCUT2D eigenvalue weighted by Gasteiger charge is -2.18. The number of para-hydroxylation sites is 1. The van der Waals surface area contributed by atoms with Crippen molar-refractivity contribution in [2.75, 3.05) is 20.3 Å². The minimum atomic E-state index is 0.279. The first-order chi connectivity index (χ1) is 9.26. The van der Waals surface area contributed by atoms with Gasteiger partial charge in [-0.1, -0.05) is 12.1 Å². The Morgan fingerprint density at radius 2 is 2.26 bits per heavy atom. The van der Waals surface area contributed by atoms with Crippen LogP contribution in [0.3, 0.4) is 0 Å². The molecule has 2 rings (SSSR count). The molecule has 2 atom stereocenters. The molecule has 1 aliphatic rings. The van der Waals surface area contributed by atoms with Crippen LogP contribution in [0.15, 0.2) is 18.2 Å². The van der Waals surface area contributed by atoms with Crippen molar-refractivity contribution in [1.82, 2.24) is 5.32 Å². The minimum absolute atomic E-state index is 0.279. The number of methoxy groups -OCH3 is 1. The normalized spacial score (nSPS) is 22.5. The fraction of sp³-hybridized carbons (Fsp3) is 0.600. The largest absolute Gasteiger partial charge is 0.493 e. The Kier molecular flexibility index (Phi) is 5.05. The Balaban J connectivity index is 2.04. The standard InChI is InChI=1S/C15H23NO3/c1-4-18-14-7-5-6-12(15(14)17-3)10-16-13-8-9-19-11(13)2/h5-7,11,13,16H,4,8-10H2,1-3H3. The quantitative estimate of drug-likeness (QED) is 0.857. The predicted molar refractivity (Wildman–Crippen MR) is 74.8 cm³/mol. The van der Waals surface area contributed by atoms with E-state index in [2.05, 4.69) is 18.3 Å². The van der Waals surface area contributed by atoms with E-state index >= 15 is 0 Å². The van der Waals surface area contributed by atoms with Crippen LogP contribution < -0.4 is 14.8 Å². The predicted octanol–water partition coefficient (Wildman–Crippen LogP) is 2.36. The van der Waals surface area contributed by atoms with Crippen molar-refractivity contribution in [3.05, 3.63) is 23.8 Å². The molecule has 1 N–H and O–H groups in total. The first-order valence-electron chi connectivity index (χ1n) is 6.90. The van der Waals surface area contributed by atoms with Crippen LogP contribution in [0.2, 0.25) is 0 Å². The molecule has 19 heavy (non-hydrogen) atoms. The topological polar surface area (TPSA) is 39.7 Å². The molecule has 0 amide bonds. The third kappa shape index (κ3) is 3.39. The summed E-state index contributed by atoms with van der Waals surface area (Å²) in [4.78, 5) is 0. The van der Waals surface area contributed by atoms with Crippen molar-refractivity contribution in [3.63, 3.8) is 0 Å². The smallest absolute Gasteiger partial charge is 0.165 e. The number of hydrogen-bond donors (Lipinski definition) is 1. The van der Waals surface area contributed by atoms with Gasteiger partial charge in [0, 0.05) is 24.8 Å². The first-order valence-corrected chi connectivity index (χ1v) is 6.90. The zero-order chi connectivity index (χ0) is 13.7. The maximum atomic E-state index is 5.58. The number of benzene rings is 1. The lowest BCUT2D eigenvalue weighted by Crippen LogP contribution is -2.34. The van der Waals surface area contributed by atoms with E-state index in [0.717, 1.165) is 36.6 Å². The molecule has 1 aliphatic heterocycles. The van der Waals surface area contributed by atoms with Crippen molar-refractivity contribution in [2.45, 2.75) is 39.0 Å². The van der Waals surface area contributed by atoms with Crippen molar-refractivity contribution < 1.29 is 14.2 Å². The van der Waals surface area contributed by atoms with Gasteiger partial charge in [-0.2, -0.15) is 0 Å². The lowest BCUT2D eigenvalue weighted by molar-refractivity contribution is 0.113. The van der Waals surface area contributed by atoms with Crippen molar-refractivity contribution >= 4 is 0 Å². The molecule has 0 bridgehead atoms. The monoisotopic (exact) mass is 265 g/mol. The Labute approximate surface area is 115 Å². The zero-order valence-electron chi connectivity index (χ0n) is 11.9. The second-order valence-corrected chi connectivity index (χ2v) is 4.73. The van der Waals surface area contributed by atoms with E-state index in [1.807, 2.05) is 19.1 Å². The van der Waals surface area contributed by atoms with Gasteiger partial charge in [0.05, 0.1) is 19.8 Å². The molecule has 1 fully saturated rings. The molecule has 0 aliphatic carbocycles. The average molecular weight is 265 g/mol. The first kappa shape index (κ1) is 14.2. The highest BCUT2D eigenvalue weighted by Gasteiger charge is 2.23. The maximum absolute atomic E-state index is 5.58. The number of rotatable bonds is 6. The van der Waals surface area contributed by atoms with E-state index in [9.17, 15) is 0 Å². The molecule has 4 heteroatoms. The molecule has 0 saturated carbocycles. The Hall–Kier alpha value is -1.26. The maximum Gasteiger partial charge on any atom is 0.165 e. The van der Waals surface area contributed by atoms with Gasteiger partial charge in [-0.15, -0.1) is 0 Å². The van der Waals surface area contributed by atoms with Crippen LogP contribution in [0.4, 0.5) is 0 Å². The summed E-state index contributed by atoms with van der Waals surface area (Å²) in [5.41, 5.74) is 1.12. The molecule has 1 aromatic rings. The van der Waals surface area contributed by atoms with Crippen molar-refractivity contribution in [2.24, 2.45) is 0 Å². The van der Waals surface area contributed by atoms with Gasteiger partial charge in [0.1, 0.15) is 0 Å². The van der Waals surface area contributed by atoms with E-state index in [4.69, 9.17) is 14.2 Å². The molecule has 1 aromatic carbocycles. The van der Waals surface area contributed by atoms with E-state index in [0.29, 0.717) is 12.6 Å². The second-order valence-electron chi connectivity index (χ2n) is 4.73. The van der Waals surface area contributed by atoms with Crippen molar-refractivity contribution in [1.29, 1.82) is 0 Å². The summed E-state index contributed by atoms with van der Waals surface area (Å²) in [6.45, 7) is 6.33. The van der Waals surface area contributed by atoms with Crippen LogP contribution in [0.25, 0.3) is 0 Å². The molecule has 1 saturated heterocycles. The number of ether oxygens (including phenoxy) is 3. The van der Waals surface area contributed by atoms with Crippen LogP contribution in [0.5, 0.6) is 11.5 Å². The zero-order valence-corrected chi connectivity index (χ0v) is 11.9. The highest BCUT2D eigenvalue weighted by Crippen LogP contribution is 2.31. The summed E-state index contributed by atoms with van der Waals surface area (Å²) in [6.07, 6.45) is 1.34. The van der Waals surface area contributed by atoms with Gasteiger partial charge in [0.25, 0.3) is 0 Å². The van der Waals surface area contributed by atoms with Gasteiger partial charge in [-0.05, 0) is 26.3 Å². The van der Waals surface area contributed by atoms with Gasteiger partial charge in [0.2, 0.25) is 0 Å². The summed E-state index contributed by atoms with van der Waals surface area (Å²) in [7, 11) is 1.68. The fourth-order valence-corrected chi connectivity index (χ4v) is 2.44. The third-order valence-corrected chi connectivity index (χ3v) is 3.50. The van der Waals surface area contributed by atoms with Gasteiger partial charge in [-0.3, -0.25) is 0 Å². The molecule has 2 unspecified atom stereocenters. The highest BCUT2D eigenvalue weighted by molar-refractivity contribution is 5.46. The Morgan fingerprint density at radius 1 is 1.42 bits per heavy atom. The lowest BCUT2D eigenvalue weighted by atomic mass is 10.1. The Morgan fingerprint density at radius 3 is 2.89 bits per heavy atom. The fourth-order valence-electron chi connectivity index (χ4n) is 2.44. The van der Waals surface area contributed by atoms with Gasteiger partial charge >= 0.3 is 0 Å². The molecular weight excluding hydrogens is 242 g/mol. The summed E-state index contributed by atoms with van der Waals surface area (Å²) in [5, 5.41) is 3.53. The third-order valence-electron chi connectivity index (χ3n) is 3.50. The van der Waals surface area contributed by atoms with Gasteiger partial charge in [-0.25, -0.2) is 0 Å². The van der Waals surface area contributed by atoms with Crippen LogP contribution in [-0.2, 0) is 11.3 Å². The van der Waals surface area contributed by atoms with Gasteiger partial charge < -0.3 is 19.5 Å². The van der Waals surface area contributed by atoms with Gasteiger partial charge in [0.15, 0.2) is 11.5 Å². The van der Waals surface area contributed by atoms with E-state index in [-0.39, 0.29) is 6.10 Å². The van der Waals surface area contributed by atoms with Crippen molar-refractivity contribution in [3.8, 4) is 11.5 Å². The molecule has 0 spiro atoms. The molecule has 4 nitrogen and oxygen atoms in total. The molecule has 1 heterocycles. The number of hydrogen-bond acceptors (Lipinski definition) is 4. The molecule has 0 aromatic heterocycles. The Bertz CT molecular complexity index is 408.